The molecule has 0 aliphatic carbocycles. The Balaban J connectivity index is 1.38. The average molecular weight is 450 g/mol. The number of hydrogen-bond donors (Lipinski definition) is 0. The van der Waals surface area contributed by atoms with E-state index in [1.807, 2.05) is 62.5 Å². The number of pyridine rings is 1. The Morgan fingerprint density at radius 2 is 2.00 bits per heavy atom. The molecule has 0 spiro atoms. The molecule has 4 rings (SSSR count). The number of thiophene rings is 1. The standard InChI is InChI=1S/C25H27N3O3S/c1-25(2,3)31-24(29)28-12-9-17(10-13-28)21-5-4-6-22(27-21)30-16-19-8-7-18(15-26)20-11-14-32-23(19)20/h4-8,11,14,17H,9-10,12-13,16H2,1-3H3. The van der Waals surface area contributed by atoms with Crippen molar-refractivity contribution >= 4 is 27.5 Å². The van der Waals surface area contributed by atoms with Gasteiger partial charge in [0, 0.05) is 46.4 Å². The summed E-state index contributed by atoms with van der Waals surface area (Å²) in [5, 5.41) is 12.3. The maximum atomic E-state index is 12.3. The summed E-state index contributed by atoms with van der Waals surface area (Å²) in [4.78, 5) is 18.8. The highest BCUT2D eigenvalue weighted by Crippen LogP contribution is 2.30. The molecule has 0 N–H and O–H groups in total. The van der Waals surface area contributed by atoms with Crippen molar-refractivity contribution in [3.05, 3.63) is 58.6 Å². The Morgan fingerprint density at radius 1 is 1.22 bits per heavy atom. The zero-order chi connectivity index (χ0) is 22.7. The van der Waals surface area contributed by atoms with Gasteiger partial charge in [-0.3, -0.25) is 0 Å². The highest BCUT2D eigenvalue weighted by molar-refractivity contribution is 7.17. The number of fused-ring (bicyclic) bond motifs is 1. The molecule has 7 heteroatoms. The number of carbonyl (C=O) groups excluding carboxylic acids is 1. The predicted molar refractivity (Wildman–Crippen MR) is 125 cm³/mol. The highest BCUT2D eigenvalue weighted by atomic mass is 32.1. The van der Waals surface area contributed by atoms with Gasteiger partial charge < -0.3 is 14.4 Å². The summed E-state index contributed by atoms with van der Waals surface area (Å²) in [5.41, 5.74) is 2.24. The lowest BCUT2D eigenvalue weighted by Gasteiger charge is -2.33. The van der Waals surface area contributed by atoms with Crippen LogP contribution in [0.15, 0.2) is 41.8 Å². The first kappa shape index (κ1) is 22.1. The second-order valence-corrected chi connectivity index (χ2v) is 9.89. The third-order valence-corrected chi connectivity index (χ3v) is 6.49. The lowest BCUT2D eigenvalue weighted by Crippen LogP contribution is -2.41. The molecule has 0 saturated carbocycles. The minimum absolute atomic E-state index is 0.247. The zero-order valence-corrected chi connectivity index (χ0v) is 19.4. The third-order valence-electron chi connectivity index (χ3n) is 5.50. The van der Waals surface area contributed by atoms with Crippen LogP contribution in [0.1, 0.15) is 56.4 Å². The van der Waals surface area contributed by atoms with Crippen molar-refractivity contribution in [2.45, 2.75) is 51.7 Å². The highest BCUT2D eigenvalue weighted by Gasteiger charge is 2.28. The van der Waals surface area contributed by atoms with Gasteiger partial charge in [0.1, 0.15) is 12.2 Å². The molecule has 1 aromatic carbocycles. The normalized spacial score (nSPS) is 14.9. The summed E-state index contributed by atoms with van der Waals surface area (Å²) >= 11 is 1.62. The fourth-order valence-corrected chi connectivity index (χ4v) is 4.83. The molecule has 1 aliphatic heterocycles. The molecule has 0 radical (unpaired) electrons. The van der Waals surface area contributed by atoms with Gasteiger partial charge in [0.05, 0.1) is 11.6 Å². The minimum atomic E-state index is -0.481. The first-order valence-electron chi connectivity index (χ1n) is 10.8. The predicted octanol–water partition coefficient (Wildman–Crippen LogP) is 5.86. The Morgan fingerprint density at radius 3 is 2.72 bits per heavy atom. The molecule has 32 heavy (non-hydrogen) atoms. The monoisotopic (exact) mass is 449 g/mol. The van der Waals surface area contributed by atoms with Crippen LogP contribution in [0.3, 0.4) is 0 Å². The number of likely N-dealkylation sites (tertiary alicyclic amines) is 1. The molecule has 166 valence electrons. The van der Waals surface area contributed by atoms with Crippen molar-refractivity contribution in [3.63, 3.8) is 0 Å². The van der Waals surface area contributed by atoms with E-state index >= 15 is 0 Å². The number of carbonyl (C=O) groups is 1. The summed E-state index contributed by atoms with van der Waals surface area (Å²) in [6.07, 6.45) is 1.45. The van der Waals surface area contributed by atoms with Gasteiger partial charge in [0.25, 0.3) is 0 Å². The lowest BCUT2D eigenvalue weighted by molar-refractivity contribution is 0.0204. The minimum Gasteiger partial charge on any atom is -0.473 e. The van der Waals surface area contributed by atoms with Crippen LogP contribution in [0.25, 0.3) is 10.1 Å². The van der Waals surface area contributed by atoms with Crippen molar-refractivity contribution in [1.29, 1.82) is 5.26 Å². The van der Waals surface area contributed by atoms with Crippen molar-refractivity contribution in [1.82, 2.24) is 9.88 Å². The molecular formula is C25H27N3O3S. The van der Waals surface area contributed by atoms with E-state index in [9.17, 15) is 10.1 Å². The van der Waals surface area contributed by atoms with Gasteiger partial charge in [0.2, 0.25) is 5.88 Å². The molecule has 6 nitrogen and oxygen atoms in total. The second kappa shape index (κ2) is 9.17. The van der Waals surface area contributed by atoms with Gasteiger partial charge in [-0.05, 0) is 57.2 Å². The largest absolute Gasteiger partial charge is 0.473 e. The van der Waals surface area contributed by atoms with Gasteiger partial charge >= 0.3 is 6.09 Å². The van der Waals surface area contributed by atoms with Crippen LogP contribution in [0, 0.1) is 11.3 Å². The molecule has 1 aliphatic rings. The van der Waals surface area contributed by atoms with Crippen molar-refractivity contribution < 1.29 is 14.3 Å². The van der Waals surface area contributed by atoms with Crippen LogP contribution in [0.5, 0.6) is 5.88 Å². The number of nitriles is 1. The molecule has 1 amide bonds. The van der Waals surface area contributed by atoms with E-state index < -0.39 is 5.60 Å². The maximum absolute atomic E-state index is 12.3. The number of ether oxygens (including phenoxy) is 2. The number of nitrogens with zero attached hydrogens (tertiary/aromatic N) is 3. The molecule has 1 saturated heterocycles. The molecule has 3 aromatic rings. The van der Waals surface area contributed by atoms with Crippen LogP contribution in [0.4, 0.5) is 4.79 Å². The summed E-state index contributed by atoms with van der Waals surface area (Å²) in [5.74, 6) is 0.877. The van der Waals surface area contributed by atoms with Gasteiger partial charge in [0.15, 0.2) is 0 Å². The summed E-state index contributed by atoms with van der Waals surface area (Å²) < 4.78 is 12.6. The second-order valence-electron chi connectivity index (χ2n) is 8.98. The molecule has 3 heterocycles. The Bertz CT molecular complexity index is 1150. The first-order chi connectivity index (χ1) is 15.3. The number of piperidine rings is 1. The number of amides is 1. The molecule has 0 bridgehead atoms. The SMILES string of the molecule is CC(C)(C)OC(=O)N1CCC(c2cccc(OCc3ccc(C#N)c4ccsc34)n2)CC1. The summed E-state index contributed by atoms with van der Waals surface area (Å²) in [6.45, 7) is 7.37. The third kappa shape index (κ3) is 5.03. The maximum Gasteiger partial charge on any atom is 0.410 e. The topological polar surface area (TPSA) is 75.4 Å². The van der Waals surface area contributed by atoms with E-state index in [1.54, 1.807) is 16.2 Å². The van der Waals surface area contributed by atoms with Crippen LogP contribution in [-0.2, 0) is 11.3 Å². The van der Waals surface area contributed by atoms with Crippen molar-refractivity contribution in [2.75, 3.05) is 13.1 Å². The first-order valence-corrected chi connectivity index (χ1v) is 11.7. The summed E-state index contributed by atoms with van der Waals surface area (Å²) in [6, 6.07) is 13.9. The van der Waals surface area contributed by atoms with Gasteiger partial charge in [-0.15, -0.1) is 11.3 Å². The van der Waals surface area contributed by atoms with Crippen LogP contribution < -0.4 is 4.74 Å². The number of rotatable bonds is 4. The quantitative estimate of drug-likeness (QED) is 0.498. The fourth-order valence-electron chi connectivity index (χ4n) is 3.91. The average Bonchev–Trinajstić information content (AvgIpc) is 3.27. The van der Waals surface area contributed by atoms with E-state index in [1.165, 1.54) is 0 Å². The van der Waals surface area contributed by atoms with Gasteiger partial charge in [-0.25, -0.2) is 9.78 Å². The van der Waals surface area contributed by atoms with Crippen molar-refractivity contribution in [2.24, 2.45) is 0 Å². The van der Waals surface area contributed by atoms with Crippen LogP contribution in [-0.4, -0.2) is 34.7 Å². The molecular weight excluding hydrogens is 422 g/mol. The molecule has 1 fully saturated rings. The Kier molecular flexibility index (Phi) is 6.33. The number of aromatic nitrogens is 1. The number of benzene rings is 1. The van der Waals surface area contributed by atoms with E-state index in [2.05, 4.69) is 6.07 Å². The van der Waals surface area contributed by atoms with Crippen LogP contribution in [0.2, 0.25) is 0 Å². The Labute approximate surface area is 192 Å². The molecule has 0 atom stereocenters. The van der Waals surface area contributed by atoms with Crippen molar-refractivity contribution in [3.8, 4) is 11.9 Å². The van der Waals surface area contributed by atoms with E-state index in [0.29, 0.717) is 31.1 Å². The lowest BCUT2D eigenvalue weighted by atomic mass is 9.93. The van der Waals surface area contributed by atoms with Gasteiger partial charge in [-0.1, -0.05) is 12.1 Å². The number of hydrogen-bond acceptors (Lipinski definition) is 6. The van der Waals surface area contributed by atoms with E-state index in [-0.39, 0.29) is 12.0 Å². The van der Waals surface area contributed by atoms with Gasteiger partial charge in [-0.2, -0.15) is 5.26 Å². The molecule has 0 unspecified atom stereocenters. The Hall–Kier alpha value is -3.11. The summed E-state index contributed by atoms with van der Waals surface area (Å²) in [7, 11) is 0. The van der Waals surface area contributed by atoms with E-state index in [4.69, 9.17) is 14.5 Å². The fraction of sp³-hybridized carbons (Fsp3) is 0.400. The smallest absolute Gasteiger partial charge is 0.410 e. The zero-order valence-electron chi connectivity index (χ0n) is 18.6. The molecule has 2 aromatic heterocycles. The van der Waals surface area contributed by atoms with E-state index in [0.717, 1.165) is 34.2 Å². The van der Waals surface area contributed by atoms with Crippen LogP contribution >= 0.6 is 11.3 Å².